The fourth-order valence-corrected chi connectivity index (χ4v) is 3.16. The minimum Gasteiger partial charge on any atom is -0.388 e. The number of aromatic nitrogens is 3. The summed E-state index contributed by atoms with van der Waals surface area (Å²) in [6.45, 7) is 1.97. The zero-order valence-electron chi connectivity index (χ0n) is 15.8. The molecule has 7 heteroatoms. The van der Waals surface area contributed by atoms with Gasteiger partial charge in [-0.05, 0) is 35.7 Å². The minimum absolute atomic E-state index is 0.0655. The number of nitrogens with zero attached hydrogens (tertiary/aromatic N) is 3. The second-order valence-corrected chi connectivity index (χ2v) is 6.55. The quantitative estimate of drug-likeness (QED) is 0.508. The fourth-order valence-electron chi connectivity index (χ4n) is 3.16. The molecule has 146 valence electrons. The molecule has 0 aliphatic carbocycles. The van der Waals surface area contributed by atoms with Crippen LogP contribution < -0.4 is 5.76 Å². The maximum atomic E-state index is 14.0. The van der Waals surface area contributed by atoms with Gasteiger partial charge in [0.05, 0.1) is 11.3 Å². The Hall–Kier alpha value is -3.61. The van der Waals surface area contributed by atoms with Crippen molar-refractivity contribution in [1.29, 1.82) is 0 Å². The van der Waals surface area contributed by atoms with Crippen LogP contribution in [0.5, 0.6) is 0 Å². The molecule has 2 aromatic carbocycles. The Balaban J connectivity index is 1.76. The van der Waals surface area contributed by atoms with Gasteiger partial charge in [-0.3, -0.25) is 4.98 Å². The first kappa shape index (κ1) is 18.7. The van der Waals surface area contributed by atoms with E-state index in [-0.39, 0.29) is 11.5 Å². The molecule has 0 unspecified atom stereocenters. The minimum atomic E-state index is -0.615. The van der Waals surface area contributed by atoms with Gasteiger partial charge in [0.2, 0.25) is 5.89 Å². The predicted octanol–water partition coefficient (Wildman–Crippen LogP) is 4.61. The van der Waals surface area contributed by atoms with Crippen LogP contribution in [0.3, 0.4) is 0 Å². The summed E-state index contributed by atoms with van der Waals surface area (Å²) in [6, 6.07) is 12.4. The van der Waals surface area contributed by atoms with Gasteiger partial charge in [-0.2, -0.15) is 4.68 Å². The highest BCUT2D eigenvalue weighted by Gasteiger charge is 2.15. The van der Waals surface area contributed by atoms with Crippen molar-refractivity contribution in [1.82, 2.24) is 14.8 Å². The molecule has 0 fully saturated rings. The van der Waals surface area contributed by atoms with E-state index in [1.54, 1.807) is 36.5 Å². The lowest BCUT2D eigenvalue weighted by atomic mass is 10.00. The first-order valence-electron chi connectivity index (χ1n) is 9.06. The molecule has 0 saturated carbocycles. The topological polar surface area (TPSA) is 60.9 Å². The SMILES string of the molecule is CCc1cnc(-c2ccc(-c3c(F)cccc3F)cc2)cc1-c1nn(C)c(=O)o1. The number of aryl methyl sites for hydroxylation is 2. The van der Waals surface area contributed by atoms with Crippen molar-refractivity contribution >= 4 is 0 Å². The van der Waals surface area contributed by atoms with Gasteiger partial charge in [0, 0.05) is 24.4 Å². The van der Waals surface area contributed by atoms with E-state index in [9.17, 15) is 13.6 Å². The zero-order chi connectivity index (χ0) is 20.5. The lowest BCUT2D eigenvalue weighted by molar-refractivity contribution is 0.505. The monoisotopic (exact) mass is 393 g/mol. The number of hydrogen-bond donors (Lipinski definition) is 0. The van der Waals surface area contributed by atoms with Crippen LogP contribution in [0.4, 0.5) is 8.78 Å². The van der Waals surface area contributed by atoms with E-state index >= 15 is 0 Å². The Morgan fingerprint density at radius 3 is 2.28 bits per heavy atom. The van der Waals surface area contributed by atoms with E-state index < -0.39 is 17.4 Å². The van der Waals surface area contributed by atoms with E-state index in [0.29, 0.717) is 23.2 Å². The molecular weight excluding hydrogens is 376 g/mol. The molecule has 0 N–H and O–H groups in total. The fraction of sp³-hybridized carbons (Fsp3) is 0.136. The second kappa shape index (κ2) is 7.43. The van der Waals surface area contributed by atoms with Crippen LogP contribution in [0.15, 0.2) is 63.9 Å². The van der Waals surface area contributed by atoms with Crippen molar-refractivity contribution in [2.24, 2.45) is 7.05 Å². The van der Waals surface area contributed by atoms with Crippen molar-refractivity contribution < 1.29 is 13.2 Å². The highest BCUT2D eigenvalue weighted by Crippen LogP contribution is 2.30. The van der Waals surface area contributed by atoms with E-state index in [1.165, 1.54) is 25.2 Å². The molecule has 0 spiro atoms. The van der Waals surface area contributed by atoms with Crippen LogP contribution in [0.25, 0.3) is 33.8 Å². The van der Waals surface area contributed by atoms with Crippen molar-refractivity contribution in [2.75, 3.05) is 0 Å². The number of halogens is 2. The third-order valence-corrected chi connectivity index (χ3v) is 4.72. The Kier molecular flexibility index (Phi) is 4.80. The number of hydrogen-bond acceptors (Lipinski definition) is 4. The largest absolute Gasteiger partial charge is 0.437 e. The van der Waals surface area contributed by atoms with Gasteiger partial charge in [-0.1, -0.05) is 37.3 Å². The summed E-state index contributed by atoms with van der Waals surface area (Å²) in [6.07, 6.45) is 2.40. The molecule has 5 nitrogen and oxygen atoms in total. The van der Waals surface area contributed by atoms with Crippen LogP contribution in [0.2, 0.25) is 0 Å². The Morgan fingerprint density at radius 2 is 1.69 bits per heavy atom. The molecule has 2 heterocycles. The summed E-state index contributed by atoms with van der Waals surface area (Å²) < 4.78 is 34.4. The molecule has 0 aliphatic heterocycles. The summed E-state index contributed by atoms with van der Waals surface area (Å²) in [5.41, 5.74) is 3.33. The van der Waals surface area contributed by atoms with Gasteiger partial charge >= 0.3 is 5.76 Å². The van der Waals surface area contributed by atoms with Gasteiger partial charge in [0.25, 0.3) is 0 Å². The number of rotatable bonds is 4. The van der Waals surface area contributed by atoms with E-state index in [2.05, 4.69) is 10.1 Å². The van der Waals surface area contributed by atoms with Gasteiger partial charge in [-0.25, -0.2) is 13.6 Å². The number of pyridine rings is 1. The molecular formula is C22H17F2N3O2. The van der Waals surface area contributed by atoms with Crippen LogP contribution in [0, 0.1) is 11.6 Å². The molecule has 4 aromatic rings. The Bertz CT molecular complexity index is 1220. The number of benzene rings is 2. The third-order valence-electron chi connectivity index (χ3n) is 4.72. The van der Waals surface area contributed by atoms with Crippen LogP contribution in [-0.2, 0) is 13.5 Å². The van der Waals surface area contributed by atoms with Crippen LogP contribution in [0.1, 0.15) is 12.5 Å². The van der Waals surface area contributed by atoms with E-state index in [0.717, 1.165) is 15.8 Å². The molecule has 0 radical (unpaired) electrons. The van der Waals surface area contributed by atoms with E-state index in [4.69, 9.17) is 4.42 Å². The second-order valence-electron chi connectivity index (χ2n) is 6.55. The summed E-state index contributed by atoms with van der Waals surface area (Å²) in [5.74, 6) is -1.55. The molecule has 0 atom stereocenters. The lowest BCUT2D eigenvalue weighted by Crippen LogP contribution is -2.09. The van der Waals surface area contributed by atoms with Gasteiger partial charge in [-0.15, -0.1) is 5.10 Å². The van der Waals surface area contributed by atoms with E-state index in [1.807, 2.05) is 6.92 Å². The van der Waals surface area contributed by atoms with Crippen molar-refractivity contribution in [3.05, 3.63) is 82.5 Å². The Morgan fingerprint density at radius 1 is 1.03 bits per heavy atom. The molecule has 0 bridgehead atoms. The molecule has 0 aliphatic rings. The molecule has 29 heavy (non-hydrogen) atoms. The van der Waals surface area contributed by atoms with Gasteiger partial charge < -0.3 is 4.42 Å². The first-order valence-corrected chi connectivity index (χ1v) is 9.06. The molecule has 0 saturated heterocycles. The first-order chi connectivity index (χ1) is 14.0. The predicted molar refractivity (Wildman–Crippen MR) is 105 cm³/mol. The maximum absolute atomic E-state index is 14.0. The molecule has 4 rings (SSSR count). The van der Waals surface area contributed by atoms with Gasteiger partial charge in [0.15, 0.2) is 0 Å². The molecule has 0 amide bonds. The van der Waals surface area contributed by atoms with Crippen molar-refractivity contribution in [3.8, 4) is 33.8 Å². The lowest BCUT2D eigenvalue weighted by Gasteiger charge is -2.09. The Labute approximate surface area is 165 Å². The standard InChI is InChI=1S/C22H17F2N3O2/c1-3-13-12-25-19(11-16(13)21-26-27(2)22(28)29-21)14-7-9-15(10-8-14)20-17(23)5-4-6-18(20)24/h4-12H,3H2,1-2H3. The van der Waals surface area contributed by atoms with Crippen LogP contribution >= 0.6 is 0 Å². The van der Waals surface area contributed by atoms with Crippen LogP contribution in [-0.4, -0.2) is 14.8 Å². The summed E-state index contributed by atoms with van der Waals surface area (Å²) >= 11 is 0. The molecule has 2 aromatic heterocycles. The zero-order valence-corrected chi connectivity index (χ0v) is 15.8. The van der Waals surface area contributed by atoms with Gasteiger partial charge in [0.1, 0.15) is 11.6 Å². The average Bonchev–Trinajstić information content (AvgIpc) is 3.06. The normalized spacial score (nSPS) is 11.0. The highest BCUT2D eigenvalue weighted by molar-refractivity contribution is 5.72. The summed E-state index contributed by atoms with van der Waals surface area (Å²) in [5, 5.41) is 4.12. The van der Waals surface area contributed by atoms with Crippen molar-refractivity contribution in [2.45, 2.75) is 13.3 Å². The summed E-state index contributed by atoms with van der Waals surface area (Å²) in [7, 11) is 1.52. The highest BCUT2D eigenvalue weighted by atomic mass is 19.1. The average molecular weight is 393 g/mol. The summed E-state index contributed by atoms with van der Waals surface area (Å²) in [4.78, 5) is 16.1. The smallest absolute Gasteiger partial charge is 0.388 e. The third kappa shape index (κ3) is 3.47. The van der Waals surface area contributed by atoms with Crippen molar-refractivity contribution in [3.63, 3.8) is 0 Å². The maximum Gasteiger partial charge on any atom is 0.437 e.